The Hall–Kier alpha value is -4.98. The second-order valence-corrected chi connectivity index (χ2v) is 11.7. The largest absolute Gasteiger partial charge is 0.490 e. The van der Waals surface area contributed by atoms with E-state index < -0.39 is 12.0 Å². The SMILES string of the molecule is CCCCN(CCCC)c1ccc(C#Cc2ccc(/C=C/C3=C(C#N)C(C(C#N)C#N)N(CCCC)C3=O)cc2)c(OC(C)C)c1. The Morgan fingerprint density at radius 1 is 0.891 bits per heavy atom. The molecule has 1 heterocycles. The van der Waals surface area contributed by atoms with Crippen molar-refractivity contribution in [2.75, 3.05) is 24.5 Å². The van der Waals surface area contributed by atoms with Crippen LogP contribution in [0.2, 0.25) is 0 Å². The number of ether oxygens (including phenoxy) is 1. The molecule has 1 atom stereocenters. The van der Waals surface area contributed by atoms with Crippen LogP contribution in [0.4, 0.5) is 5.69 Å². The van der Waals surface area contributed by atoms with Gasteiger partial charge in [-0.05, 0) is 69.0 Å². The van der Waals surface area contributed by atoms with Crippen LogP contribution in [-0.4, -0.2) is 42.6 Å². The lowest BCUT2D eigenvalue weighted by molar-refractivity contribution is -0.127. The van der Waals surface area contributed by atoms with Crippen molar-refractivity contribution in [1.82, 2.24) is 4.90 Å². The van der Waals surface area contributed by atoms with Crippen LogP contribution in [-0.2, 0) is 4.79 Å². The molecule has 238 valence electrons. The predicted octanol–water partition coefficient (Wildman–Crippen LogP) is 7.79. The van der Waals surface area contributed by atoms with Gasteiger partial charge in [-0.2, -0.15) is 15.8 Å². The van der Waals surface area contributed by atoms with E-state index in [-0.39, 0.29) is 23.2 Å². The molecule has 7 nitrogen and oxygen atoms in total. The molecule has 0 N–H and O–H groups in total. The summed E-state index contributed by atoms with van der Waals surface area (Å²) in [4.78, 5) is 17.2. The molecular weight excluding hydrogens is 570 g/mol. The third-order valence-electron chi connectivity index (χ3n) is 7.83. The molecule has 0 radical (unpaired) electrons. The maximum atomic E-state index is 13.3. The van der Waals surface area contributed by atoms with Crippen molar-refractivity contribution >= 4 is 17.7 Å². The molecule has 0 saturated carbocycles. The van der Waals surface area contributed by atoms with Crippen LogP contribution in [0.25, 0.3) is 6.08 Å². The number of amides is 1. The molecule has 0 fully saturated rings. The lowest BCUT2D eigenvalue weighted by atomic mass is 9.94. The molecule has 2 aromatic carbocycles. The van der Waals surface area contributed by atoms with E-state index in [1.807, 2.05) is 63.2 Å². The van der Waals surface area contributed by atoms with Gasteiger partial charge in [0.15, 0.2) is 5.92 Å². The fourth-order valence-electron chi connectivity index (χ4n) is 5.31. The van der Waals surface area contributed by atoms with Crippen LogP contribution in [0.1, 0.15) is 89.8 Å². The monoisotopic (exact) mass is 615 g/mol. The summed E-state index contributed by atoms with van der Waals surface area (Å²) in [6.45, 7) is 12.9. The van der Waals surface area contributed by atoms with E-state index in [0.29, 0.717) is 6.54 Å². The van der Waals surface area contributed by atoms with Crippen molar-refractivity contribution in [3.05, 3.63) is 76.4 Å². The number of unbranched alkanes of at least 4 members (excludes halogenated alkanes) is 3. The topological polar surface area (TPSA) is 104 Å². The van der Waals surface area contributed by atoms with Gasteiger partial charge in [0, 0.05) is 37.0 Å². The Kier molecular flexibility index (Phi) is 14.0. The van der Waals surface area contributed by atoms with Crippen molar-refractivity contribution in [2.24, 2.45) is 5.92 Å². The Morgan fingerprint density at radius 3 is 2.11 bits per heavy atom. The first-order valence-corrected chi connectivity index (χ1v) is 16.4. The van der Waals surface area contributed by atoms with E-state index in [9.17, 15) is 20.6 Å². The van der Waals surface area contributed by atoms with Crippen LogP contribution in [0.3, 0.4) is 0 Å². The maximum absolute atomic E-state index is 13.3. The first-order valence-electron chi connectivity index (χ1n) is 16.4. The van der Waals surface area contributed by atoms with Gasteiger partial charge in [0.1, 0.15) is 5.75 Å². The van der Waals surface area contributed by atoms with E-state index in [1.165, 1.54) is 4.90 Å². The lowest BCUT2D eigenvalue weighted by Gasteiger charge is -2.26. The van der Waals surface area contributed by atoms with Gasteiger partial charge in [0.05, 0.1) is 47.1 Å². The number of carbonyl (C=O) groups is 1. The number of nitrogens with zero attached hydrogens (tertiary/aromatic N) is 5. The molecule has 1 amide bonds. The zero-order valence-electron chi connectivity index (χ0n) is 27.8. The highest BCUT2D eigenvalue weighted by Gasteiger charge is 2.42. The van der Waals surface area contributed by atoms with Gasteiger partial charge in [-0.1, -0.05) is 70.1 Å². The van der Waals surface area contributed by atoms with Crippen LogP contribution >= 0.6 is 0 Å². The summed E-state index contributed by atoms with van der Waals surface area (Å²) in [5.74, 6) is 5.89. The fourth-order valence-corrected chi connectivity index (χ4v) is 5.31. The Labute approximate surface area is 275 Å². The zero-order valence-corrected chi connectivity index (χ0v) is 27.8. The molecule has 0 aromatic heterocycles. The van der Waals surface area contributed by atoms with E-state index in [0.717, 1.165) is 79.7 Å². The third kappa shape index (κ3) is 9.27. The minimum atomic E-state index is -1.11. The highest BCUT2D eigenvalue weighted by Crippen LogP contribution is 2.32. The fraction of sp³-hybridized carbons (Fsp3) is 0.436. The summed E-state index contributed by atoms with van der Waals surface area (Å²) < 4.78 is 6.19. The number of hydrogen-bond donors (Lipinski definition) is 0. The Morgan fingerprint density at radius 2 is 1.54 bits per heavy atom. The molecule has 7 heteroatoms. The molecule has 0 aliphatic carbocycles. The van der Waals surface area contributed by atoms with E-state index >= 15 is 0 Å². The highest BCUT2D eigenvalue weighted by molar-refractivity contribution is 6.02. The number of nitriles is 3. The molecule has 1 aliphatic rings. The molecule has 2 aromatic rings. The van der Waals surface area contributed by atoms with Gasteiger partial charge in [0.25, 0.3) is 5.91 Å². The lowest BCUT2D eigenvalue weighted by Crippen LogP contribution is -2.40. The maximum Gasteiger partial charge on any atom is 0.255 e. The molecule has 1 unspecified atom stereocenters. The number of benzene rings is 2. The summed E-state index contributed by atoms with van der Waals surface area (Å²) in [6.07, 6.45) is 9.55. The Balaban J connectivity index is 1.85. The van der Waals surface area contributed by atoms with E-state index in [4.69, 9.17) is 4.74 Å². The molecule has 0 bridgehead atoms. The van der Waals surface area contributed by atoms with Gasteiger partial charge in [-0.3, -0.25) is 4.79 Å². The summed E-state index contributed by atoms with van der Waals surface area (Å²) in [5.41, 5.74) is 4.04. The summed E-state index contributed by atoms with van der Waals surface area (Å²) in [6, 6.07) is 19.1. The summed E-state index contributed by atoms with van der Waals surface area (Å²) in [7, 11) is 0. The molecule has 46 heavy (non-hydrogen) atoms. The smallest absolute Gasteiger partial charge is 0.255 e. The first kappa shape index (κ1) is 35.5. The van der Waals surface area contributed by atoms with Crippen molar-refractivity contribution in [3.63, 3.8) is 0 Å². The quantitative estimate of drug-likeness (QED) is 0.190. The number of carbonyl (C=O) groups excluding carboxylic acids is 1. The summed E-state index contributed by atoms with van der Waals surface area (Å²) >= 11 is 0. The number of anilines is 1. The van der Waals surface area contributed by atoms with Gasteiger partial charge in [-0.25, -0.2) is 0 Å². The van der Waals surface area contributed by atoms with Crippen LogP contribution in [0, 0.1) is 51.8 Å². The number of hydrogen-bond acceptors (Lipinski definition) is 6. The van der Waals surface area contributed by atoms with Crippen LogP contribution in [0.15, 0.2) is 59.7 Å². The van der Waals surface area contributed by atoms with Gasteiger partial charge >= 0.3 is 0 Å². The second-order valence-electron chi connectivity index (χ2n) is 11.7. The van der Waals surface area contributed by atoms with Crippen LogP contribution in [0.5, 0.6) is 5.75 Å². The number of rotatable bonds is 15. The highest BCUT2D eigenvalue weighted by atomic mass is 16.5. The van der Waals surface area contributed by atoms with Gasteiger partial charge in [-0.15, -0.1) is 0 Å². The average Bonchev–Trinajstić information content (AvgIpc) is 3.32. The molecule has 3 rings (SSSR count). The van der Waals surface area contributed by atoms with Crippen molar-refractivity contribution in [3.8, 4) is 35.8 Å². The summed E-state index contributed by atoms with van der Waals surface area (Å²) in [5, 5.41) is 29.0. The van der Waals surface area contributed by atoms with Gasteiger partial charge < -0.3 is 14.5 Å². The van der Waals surface area contributed by atoms with Crippen LogP contribution < -0.4 is 9.64 Å². The minimum absolute atomic E-state index is 0.0183. The Bertz CT molecular complexity index is 1570. The molecule has 1 aliphatic heterocycles. The van der Waals surface area contributed by atoms with E-state index in [1.54, 1.807) is 12.2 Å². The molecular formula is C39H45N5O2. The normalized spacial score (nSPS) is 14.3. The first-order chi connectivity index (χ1) is 22.3. The van der Waals surface area contributed by atoms with Crippen molar-refractivity contribution < 1.29 is 9.53 Å². The van der Waals surface area contributed by atoms with Gasteiger partial charge in [0.2, 0.25) is 0 Å². The average molecular weight is 616 g/mol. The zero-order chi connectivity index (χ0) is 33.5. The third-order valence-corrected chi connectivity index (χ3v) is 7.83. The predicted molar refractivity (Wildman–Crippen MR) is 183 cm³/mol. The standard InChI is InChI=1S/C39H45N5O2/c1-6-9-22-43(23-10-7-2)34-20-19-32(37(25-34)46-29(4)5)18-16-30-12-14-31(15-13-30)17-21-35-36(28-42)38(33(26-40)27-41)44(39(35)45)24-11-8-3/h12-15,17,19-21,25,29,33,38H,6-11,22-24H2,1-5H3/b21-17+. The molecule has 0 spiro atoms. The second kappa shape index (κ2) is 18.1. The van der Waals surface area contributed by atoms with E-state index in [2.05, 4.69) is 48.8 Å². The van der Waals surface area contributed by atoms with Crippen molar-refractivity contribution in [1.29, 1.82) is 15.8 Å². The van der Waals surface area contributed by atoms with Crippen molar-refractivity contribution in [2.45, 2.75) is 85.3 Å². The minimum Gasteiger partial charge on any atom is -0.490 e. The molecule has 0 saturated heterocycles.